The Morgan fingerprint density at radius 1 is 1.19 bits per heavy atom. The molecule has 0 fully saturated rings. The number of rotatable bonds is 11. The third-order valence-electron chi connectivity index (χ3n) is 5.15. The summed E-state index contributed by atoms with van der Waals surface area (Å²) in [7, 11) is 0. The highest BCUT2D eigenvalue weighted by Crippen LogP contribution is 2.22. The zero-order valence-corrected chi connectivity index (χ0v) is 16.9. The fourth-order valence-corrected chi connectivity index (χ4v) is 3.00. The van der Waals surface area contributed by atoms with E-state index in [1.54, 1.807) is 18.3 Å². The van der Waals surface area contributed by atoms with Crippen LogP contribution in [0.5, 0.6) is 0 Å². The van der Waals surface area contributed by atoms with Crippen LogP contribution in [0.2, 0.25) is 0 Å². The van der Waals surface area contributed by atoms with E-state index in [2.05, 4.69) is 17.2 Å². The van der Waals surface area contributed by atoms with Crippen molar-refractivity contribution in [3.05, 3.63) is 30.1 Å². The van der Waals surface area contributed by atoms with E-state index in [1.807, 2.05) is 33.8 Å². The number of Topliss-reactive ketones (excluding diaryl/α,β-unsaturated/α-hetero) is 1. The van der Waals surface area contributed by atoms with Gasteiger partial charge in [0.25, 0.3) is 0 Å². The molecular formula is C21H35N3O2. The van der Waals surface area contributed by atoms with Gasteiger partial charge in [-0.1, -0.05) is 59.9 Å². The van der Waals surface area contributed by atoms with Crippen molar-refractivity contribution in [1.82, 2.24) is 10.3 Å². The lowest BCUT2D eigenvalue weighted by Gasteiger charge is -2.27. The predicted octanol–water partition coefficient (Wildman–Crippen LogP) is 3.64. The number of ketones is 1. The molecule has 3 N–H and O–H groups in total. The molecule has 0 saturated heterocycles. The van der Waals surface area contributed by atoms with Crippen molar-refractivity contribution in [3.8, 4) is 0 Å². The zero-order valence-electron chi connectivity index (χ0n) is 16.9. The normalized spacial score (nSPS) is 16.0. The largest absolute Gasteiger partial charge is 0.341 e. The minimum Gasteiger partial charge on any atom is -0.341 e. The molecule has 1 amide bonds. The Bertz CT molecular complexity index is 560. The highest BCUT2D eigenvalue weighted by Gasteiger charge is 2.33. The average molecular weight is 362 g/mol. The van der Waals surface area contributed by atoms with Crippen molar-refractivity contribution < 1.29 is 9.59 Å². The monoisotopic (exact) mass is 361 g/mol. The smallest absolute Gasteiger partial charge is 0.224 e. The van der Waals surface area contributed by atoms with Gasteiger partial charge in [0.05, 0.1) is 11.7 Å². The maximum Gasteiger partial charge on any atom is 0.224 e. The number of carbonyl (C=O) groups excluding carboxylic acids is 2. The van der Waals surface area contributed by atoms with Gasteiger partial charge in [-0.2, -0.15) is 0 Å². The standard InChI is InChI=1S/C21H35N3O2/c1-6-8-11-16(14(3)4)21(26)24-19(17-12-9-10-13-23-17)20(25)18(22)15(5)7-2/h9-10,12-16,18-19H,6-8,11,22H2,1-5H3,(H,24,26)/t15-,16-,18-,19?/m0/s1. The molecule has 1 aromatic heterocycles. The summed E-state index contributed by atoms with van der Waals surface area (Å²) in [6.45, 7) is 10.2. The van der Waals surface area contributed by atoms with Crippen LogP contribution in [0, 0.1) is 17.8 Å². The van der Waals surface area contributed by atoms with Crippen LogP contribution in [-0.4, -0.2) is 22.7 Å². The van der Waals surface area contributed by atoms with Crippen LogP contribution in [0.1, 0.15) is 72.0 Å². The van der Waals surface area contributed by atoms with Gasteiger partial charge in [-0.05, 0) is 30.4 Å². The van der Waals surface area contributed by atoms with E-state index in [1.165, 1.54) is 0 Å². The number of aromatic nitrogens is 1. The Morgan fingerprint density at radius 3 is 2.38 bits per heavy atom. The lowest BCUT2D eigenvalue weighted by Crippen LogP contribution is -2.47. The zero-order chi connectivity index (χ0) is 19.7. The number of nitrogens with two attached hydrogens (primary N) is 1. The van der Waals surface area contributed by atoms with Crippen molar-refractivity contribution in [3.63, 3.8) is 0 Å². The second-order valence-electron chi connectivity index (χ2n) is 7.50. The number of hydrogen-bond donors (Lipinski definition) is 2. The van der Waals surface area contributed by atoms with Gasteiger partial charge in [0.15, 0.2) is 5.78 Å². The summed E-state index contributed by atoms with van der Waals surface area (Å²) < 4.78 is 0. The van der Waals surface area contributed by atoms with E-state index in [0.717, 1.165) is 25.7 Å². The quantitative estimate of drug-likeness (QED) is 0.630. The molecule has 1 rings (SSSR count). The van der Waals surface area contributed by atoms with Crippen LogP contribution < -0.4 is 11.1 Å². The molecule has 1 heterocycles. The van der Waals surface area contributed by atoms with Gasteiger partial charge < -0.3 is 11.1 Å². The van der Waals surface area contributed by atoms with Crippen LogP contribution in [0.4, 0.5) is 0 Å². The number of hydrogen-bond acceptors (Lipinski definition) is 4. The van der Waals surface area contributed by atoms with Crippen molar-refractivity contribution >= 4 is 11.7 Å². The molecule has 5 heteroatoms. The molecule has 0 saturated carbocycles. The molecule has 1 aromatic rings. The first-order chi connectivity index (χ1) is 12.3. The molecule has 0 aliphatic carbocycles. The highest BCUT2D eigenvalue weighted by atomic mass is 16.2. The number of pyridine rings is 1. The van der Waals surface area contributed by atoms with Gasteiger partial charge in [0, 0.05) is 12.1 Å². The van der Waals surface area contributed by atoms with E-state index in [4.69, 9.17) is 5.73 Å². The first-order valence-electron chi connectivity index (χ1n) is 9.83. The maximum atomic E-state index is 13.0. The molecule has 0 radical (unpaired) electrons. The summed E-state index contributed by atoms with van der Waals surface area (Å²) in [6, 6.07) is 3.96. The molecule has 5 nitrogen and oxygen atoms in total. The summed E-state index contributed by atoms with van der Waals surface area (Å²) in [4.78, 5) is 30.2. The van der Waals surface area contributed by atoms with E-state index < -0.39 is 12.1 Å². The predicted molar refractivity (Wildman–Crippen MR) is 105 cm³/mol. The first kappa shape index (κ1) is 22.3. The van der Waals surface area contributed by atoms with Crippen molar-refractivity contribution in [1.29, 1.82) is 0 Å². The fraction of sp³-hybridized carbons (Fsp3) is 0.667. The topological polar surface area (TPSA) is 85.1 Å². The van der Waals surface area contributed by atoms with Crippen LogP contribution in [-0.2, 0) is 9.59 Å². The lowest BCUT2D eigenvalue weighted by molar-refractivity contribution is -0.132. The third kappa shape index (κ3) is 6.20. The highest BCUT2D eigenvalue weighted by molar-refractivity contribution is 5.93. The summed E-state index contributed by atoms with van der Waals surface area (Å²) in [5.74, 6) is -0.122. The van der Waals surface area contributed by atoms with Crippen LogP contribution >= 0.6 is 0 Å². The van der Waals surface area contributed by atoms with E-state index in [0.29, 0.717) is 5.69 Å². The molecule has 0 aliphatic heterocycles. The Morgan fingerprint density at radius 2 is 1.88 bits per heavy atom. The molecule has 26 heavy (non-hydrogen) atoms. The van der Waals surface area contributed by atoms with E-state index in [9.17, 15) is 9.59 Å². The third-order valence-corrected chi connectivity index (χ3v) is 5.15. The molecule has 0 spiro atoms. The Balaban J connectivity index is 3.05. The average Bonchev–Trinajstić information content (AvgIpc) is 2.65. The Labute approximate surface area is 158 Å². The molecule has 0 aliphatic rings. The number of nitrogens with one attached hydrogen (secondary N) is 1. The van der Waals surface area contributed by atoms with Gasteiger partial charge in [-0.25, -0.2) is 0 Å². The van der Waals surface area contributed by atoms with Crippen LogP contribution in [0.25, 0.3) is 0 Å². The molecule has 1 unspecified atom stereocenters. The van der Waals surface area contributed by atoms with E-state index in [-0.39, 0.29) is 29.4 Å². The maximum absolute atomic E-state index is 13.0. The number of amides is 1. The molecular weight excluding hydrogens is 326 g/mol. The summed E-state index contributed by atoms with van der Waals surface area (Å²) in [6.07, 6.45) is 5.29. The number of carbonyl (C=O) groups is 2. The molecule has 0 bridgehead atoms. The molecule has 0 aromatic carbocycles. The lowest BCUT2D eigenvalue weighted by atomic mass is 9.88. The summed E-state index contributed by atoms with van der Waals surface area (Å²) >= 11 is 0. The van der Waals surface area contributed by atoms with Gasteiger partial charge in [0.1, 0.15) is 6.04 Å². The van der Waals surface area contributed by atoms with Crippen LogP contribution in [0.3, 0.4) is 0 Å². The van der Waals surface area contributed by atoms with Crippen molar-refractivity contribution in [2.45, 2.75) is 72.4 Å². The molecule has 4 atom stereocenters. The second kappa shape index (κ2) is 11.1. The molecule has 146 valence electrons. The van der Waals surface area contributed by atoms with Gasteiger partial charge in [-0.3, -0.25) is 14.6 Å². The fourth-order valence-electron chi connectivity index (χ4n) is 3.00. The van der Waals surface area contributed by atoms with Gasteiger partial charge in [0.2, 0.25) is 5.91 Å². The Hall–Kier alpha value is -1.75. The van der Waals surface area contributed by atoms with Gasteiger partial charge in [-0.15, -0.1) is 0 Å². The minimum absolute atomic E-state index is 0.0478. The SMILES string of the molecule is CCCC[C@H](C(=O)NC(C(=O)[C@@H](N)[C@@H](C)CC)c1ccccn1)C(C)C. The second-order valence-corrected chi connectivity index (χ2v) is 7.50. The Kier molecular flexibility index (Phi) is 9.49. The van der Waals surface area contributed by atoms with Gasteiger partial charge >= 0.3 is 0 Å². The van der Waals surface area contributed by atoms with E-state index >= 15 is 0 Å². The van der Waals surface area contributed by atoms with Crippen molar-refractivity contribution in [2.24, 2.45) is 23.5 Å². The van der Waals surface area contributed by atoms with Crippen LogP contribution in [0.15, 0.2) is 24.4 Å². The minimum atomic E-state index is -0.796. The first-order valence-corrected chi connectivity index (χ1v) is 9.83. The van der Waals surface area contributed by atoms with Crippen molar-refractivity contribution in [2.75, 3.05) is 0 Å². The summed E-state index contributed by atoms with van der Waals surface area (Å²) in [5.41, 5.74) is 6.72. The number of nitrogens with zero attached hydrogens (tertiary/aromatic N) is 1. The number of unbranched alkanes of at least 4 members (excludes halogenated alkanes) is 1. The summed E-state index contributed by atoms with van der Waals surface area (Å²) in [5, 5.41) is 2.95.